The van der Waals surface area contributed by atoms with Crippen LogP contribution in [0.25, 0.3) is 11.3 Å². The molecule has 0 spiro atoms. The Labute approximate surface area is 200 Å². The second-order valence-corrected chi connectivity index (χ2v) is 9.49. The predicted molar refractivity (Wildman–Crippen MR) is 129 cm³/mol. The zero-order valence-electron chi connectivity index (χ0n) is 19.6. The molecule has 3 heterocycles. The summed E-state index contributed by atoms with van der Waals surface area (Å²) in [5.41, 5.74) is 1.89. The third-order valence-corrected chi connectivity index (χ3v) is 7.22. The molecule has 1 aromatic carbocycles. The van der Waals surface area contributed by atoms with Crippen molar-refractivity contribution in [2.45, 2.75) is 38.2 Å². The molecule has 180 valence electrons. The van der Waals surface area contributed by atoms with Crippen LogP contribution in [-0.4, -0.2) is 83.8 Å². The largest absolute Gasteiger partial charge is 0.376 e. The smallest absolute Gasteiger partial charge is 0.242 e. The van der Waals surface area contributed by atoms with Gasteiger partial charge in [0.15, 0.2) is 5.82 Å². The van der Waals surface area contributed by atoms with Crippen LogP contribution in [0, 0.1) is 5.92 Å². The van der Waals surface area contributed by atoms with Crippen LogP contribution in [-0.2, 0) is 14.3 Å². The van der Waals surface area contributed by atoms with Gasteiger partial charge in [0.2, 0.25) is 11.8 Å². The highest BCUT2D eigenvalue weighted by Gasteiger charge is 2.33. The van der Waals surface area contributed by atoms with Gasteiger partial charge in [-0.05, 0) is 37.8 Å². The molecule has 0 bridgehead atoms. The number of carbonyl (C=O) groups is 2. The van der Waals surface area contributed by atoms with Gasteiger partial charge in [0.25, 0.3) is 0 Å². The molecular weight excluding hydrogens is 430 g/mol. The molecule has 2 amide bonds. The first kappa shape index (κ1) is 22.8. The van der Waals surface area contributed by atoms with E-state index in [9.17, 15) is 9.59 Å². The van der Waals surface area contributed by atoms with Crippen molar-refractivity contribution in [3.8, 4) is 11.3 Å². The van der Waals surface area contributed by atoms with Gasteiger partial charge in [-0.2, -0.15) is 0 Å². The Balaban J connectivity index is 1.15. The number of rotatable bonds is 7. The fourth-order valence-corrected chi connectivity index (χ4v) is 4.88. The number of nitrogens with zero attached hydrogens (tertiary/aromatic N) is 5. The van der Waals surface area contributed by atoms with E-state index in [-0.39, 0.29) is 30.4 Å². The molecule has 34 heavy (non-hydrogen) atoms. The average Bonchev–Trinajstić information content (AvgIpc) is 3.36. The summed E-state index contributed by atoms with van der Waals surface area (Å²) in [6.45, 7) is 4.08. The van der Waals surface area contributed by atoms with E-state index < -0.39 is 0 Å². The summed E-state index contributed by atoms with van der Waals surface area (Å²) in [6, 6.07) is 14.0. The van der Waals surface area contributed by atoms with Gasteiger partial charge in [-0.3, -0.25) is 9.59 Å². The Morgan fingerprint density at radius 3 is 2.35 bits per heavy atom. The average molecular weight is 464 g/mol. The van der Waals surface area contributed by atoms with Crippen molar-refractivity contribution in [2.75, 3.05) is 50.8 Å². The fraction of sp³-hybridized carbons (Fsp3) is 0.538. The van der Waals surface area contributed by atoms with E-state index in [0.717, 1.165) is 55.8 Å². The summed E-state index contributed by atoms with van der Waals surface area (Å²) in [5, 5.41) is 8.81. The SMILES string of the molecule is O=C(CN(CC1CCCO1)C(=O)C1CCC1)N1CCN(c2ccc(-c3ccccc3)nn2)CC1. The maximum absolute atomic E-state index is 13.1. The first-order chi connectivity index (χ1) is 16.7. The summed E-state index contributed by atoms with van der Waals surface area (Å²) >= 11 is 0. The number of aromatic nitrogens is 2. The van der Waals surface area contributed by atoms with Crippen molar-refractivity contribution in [2.24, 2.45) is 5.92 Å². The van der Waals surface area contributed by atoms with Crippen LogP contribution in [0.5, 0.6) is 0 Å². The number of piperazine rings is 1. The molecule has 3 fully saturated rings. The maximum atomic E-state index is 13.1. The molecule has 8 heteroatoms. The highest BCUT2D eigenvalue weighted by Crippen LogP contribution is 2.29. The zero-order valence-corrected chi connectivity index (χ0v) is 19.6. The summed E-state index contributed by atoms with van der Waals surface area (Å²) in [4.78, 5) is 31.9. The van der Waals surface area contributed by atoms with Gasteiger partial charge in [0, 0.05) is 50.8 Å². The molecule has 8 nitrogen and oxygen atoms in total. The Morgan fingerprint density at radius 2 is 1.74 bits per heavy atom. The van der Waals surface area contributed by atoms with Crippen molar-refractivity contribution in [1.82, 2.24) is 20.0 Å². The van der Waals surface area contributed by atoms with Crippen molar-refractivity contribution >= 4 is 17.6 Å². The van der Waals surface area contributed by atoms with E-state index in [1.807, 2.05) is 47.4 Å². The fourth-order valence-electron chi connectivity index (χ4n) is 4.88. The van der Waals surface area contributed by atoms with E-state index in [4.69, 9.17) is 4.74 Å². The van der Waals surface area contributed by atoms with E-state index in [2.05, 4.69) is 15.1 Å². The second kappa shape index (κ2) is 10.5. The Bertz CT molecular complexity index is 966. The lowest BCUT2D eigenvalue weighted by Gasteiger charge is -2.37. The minimum atomic E-state index is 0.0239. The number of hydrogen-bond donors (Lipinski definition) is 0. The molecule has 0 radical (unpaired) electrons. The standard InChI is InChI=1S/C26H33N5O3/c32-25(19-31(18-22-10-5-17-34-22)26(33)21-8-4-9-21)30-15-13-29(14-16-30)24-12-11-23(27-28-24)20-6-2-1-3-7-20/h1-3,6-7,11-12,21-22H,4-5,8-10,13-19H2. The van der Waals surface area contributed by atoms with Gasteiger partial charge >= 0.3 is 0 Å². The van der Waals surface area contributed by atoms with Gasteiger partial charge in [0.1, 0.15) is 0 Å². The highest BCUT2D eigenvalue weighted by molar-refractivity contribution is 5.86. The van der Waals surface area contributed by atoms with Gasteiger partial charge in [-0.25, -0.2) is 0 Å². The van der Waals surface area contributed by atoms with Gasteiger partial charge in [0.05, 0.1) is 18.3 Å². The minimum Gasteiger partial charge on any atom is -0.376 e. The van der Waals surface area contributed by atoms with Crippen molar-refractivity contribution in [3.05, 3.63) is 42.5 Å². The maximum Gasteiger partial charge on any atom is 0.242 e. The molecule has 3 aliphatic rings. The van der Waals surface area contributed by atoms with Crippen LogP contribution >= 0.6 is 0 Å². The normalized spacial score (nSPS) is 20.8. The van der Waals surface area contributed by atoms with Crippen molar-refractivity contribution in [1.29, 1.82) is 0 Å². The number of amides is 2. The highest BCUT2D eigenvalue weighted by atomic mass is 16.5. The van der Waals surface area contributed by atoms with Crippen LogP contribution in [0.1, 0.15) is 32.1 Å². The number of anilines is 1. The molecule has 0 N–H and O–H groups in total. The van der Waals surface area contributed by atoms with Crippen LogP contribution in [0.2, 0.25) is 0 Å². The van der Waals surface area contributed by atoms with Gasteiger partial charge in [-0.15, -0.1) is 10.2 Å². The Morgan fingerprint density at radius 1 is 0.941 bits per heavy atom. The molecule has 1 atom stereocenters. The van der Waals surface area contributed by atoms with E-state index in [1.54, 1.807) is 4.90 Å². The summed E-state index contributed by atoms with van der Waals surface area (Å²) in [6.07, 6.45) is 5.04. The topological polar surface area (TPSA) is 78.9 Å². The molecule has 1 unspecified atom stereocenters. The molecule has 2 aromatic rings. The minimum absolute atomic E-state index is 0.0239. The lowest BCUT2D eigenvalue weighted by molar-refractivity contribution is -0.146. The molecular formula is C26H33N5O3. The molecule has 1 aliphatic carbocycles. The third kappa shape index (κ3) is 5.22. The number of ether oxygens (including phenoxy) is 1. The molecule has 5 rings (SSSR count). The number of carbonyl (C=O) groups excluding carboxylic acids is 2. The van der Waals surface area contributed by atoms with E-state index >= 15 is 0 Å². The monoisotopic (exact) mass is 463 g/mol. The second-order valence-electron chi connectivity index (χ2n) is 9.49. The van der Waals surface area contributed by atoms with Crippen molar-refractivity contribution < 1.29 is 14.3 Å². The first-order valence-electron chi connectivity index (χ1n) is 12.5. The molecule has 1 aromatic heterocycles. The zero-order chi connectivity index (χ0) is 23.3. The quantitative estimate of drug-likeness (QED) is 0.628. The Hall–Kier alpha value is -3.00. The lowest BCUT2D eigenvalue weighted by atomic mass is 9.84. The van der Waals surface area contributed by atoms with Crippen LogP contribution in [0.15, 0.2) is 42.5 Å². The van der Waals surface area contributed by atoms with Gasteiger partial charge < -0.3 is 19.4 Å². The van der Waals surface area contributed by atoms with Gasteiger partial charge in [-0.1, -0.05) is 36.8 Å². The summed E-state index contributed by atoms with van der Waals surface area (Å²) in [5.74, 6) is 1.06. The van der Waals surface area contributed by atoms with E-state index in [0.29, 0.717) is 32.7 Å². The first-order valence-corrected chi connectivity index (χ1v) is 12.5. The third-order valence-electron chi connectivity index (χ3n) is 7.22. The van der Waals surface area contributed by atoms with Crippen LogP contribution < -0.4 is 4.90 Å². The van der Waals surface area contributed by atoms with E-state index in [1.165, 1.54) is 0 Å². The van der Waals surface area contributed by atoms with Crippen LogP contribution in [0.3, 0.4) is 0 Å². The summed E-state index contributed by atoms with van der Waals surface area (Å²) in [7, 11) is 0. The molecule has 2 aliphatic heterocycles. The van der Waals surface area contributed by atoms with Crippen molar-refractivity contribution in [3.63, 3.8) is 0 Å². The predicted octanol–water partition coefficient (Wildman–Crippen LogP) is 2.60. The number of benzene rings is 1. The number of hydrogen-bond acceptors (Lipinski definition) is 6. The lowest BCUT2D eigenvalue weighted by Crippen LogP contribution is -2.53. The Kier molecular flexibility index (Phi) is 7.04. The molecule has 1 saturated carbocycles. The van der Waals surface area contributed by atoms with Crippen LogP contribution in [0.4, 0.5) is 5.82 Å². The molecule has 2 saturated heterocycles. The summed E-state index contributed by atoms with van der Waals surface area (Å²) < 4.78 is 5.75.